The van der Waals surface area contributed by atoms with Gasteiger partial charge in [-0.1, -0.05) is 0 Å². The molecule has 0 N–H and O–H groups in total. The highest BCUT2D eigenvalue weighted by molar-refractivity contribution is 7.13. The first-order valence-electron chi connectivity index (χ1n) is 4.85. The summed E-state index contributed by atoms with van der Waals surface area (Å²) in [5.74, 6) is 0.0198. The van der Waals surface area contributed by atoms with Crippen LogP contribution >= 0.6 is 22.7 Å². The van der Waals surface area contributed by atoms with Crippen molar-refractivity contribution in [3.63, 3.8) is 0 Å². The fraction of sp³-hybridized carbons (Fsp3) is 0.273. The summed E-state index contributed by atoms with van der Waals surface area (Å²) in [6.45, 7) is 2.37. The molecule has 2 heterocycles. The van der Waals surface area contributed by atoms with Gasteiger partial charge in [0.15, 0.2) is 10.9 Å². The number of thiazole rings is 1. The molecule has 0 bridgehead atoms. The Morgan fingerprint density at radius 3 is 2.88 bits per heavy atom. The number of carbonyl (C=O) groups excluding carboxylic acids is 1. The third-order valence-electron chi connectivity index (χ3n) is 2.18. The van der Waals surface area contributed by atoms with E-state index in [-0.39, 0.29) is 5.78 Å². The minimum absolute atomic E-state index is 0.0198. The maximum Gasteiger partial charge on any atom is 0.186 e. The van der Waals surface area contributed by atoms with E-state index < -0.39 is 0 Å². The van der Waals surface area contributed by atoms with Gasteiger partial charge in [0.05, 0.1) is 0 Å². The summed E-state index contributed by atoms with van der Waals surface area (Å²) in [6, 6.07) is 2.10. The van der Waals surface area contributed by atoms with E-state index in [4.69, 9.17) is 0 Å². The Kier molecular flexibility index (Phi) is 3.36. The minimum Gasteiger partial charge on any atom is -0.347 e. The Bertz CT molecular complexity index is 476. The van der Waals surface area contributed by atoms with Crippen LogP contribution in [0.1, 0.15) is 23.0 Å². The summed E-state index contributed by atoms with van der Waals surface area (Å²) in [4.78, 5) is 17.5. The van der Waals surface area contributed by atoms with Crippen LogP contribution in [0.3, 0.4) is 0 Å². The fourth-order valence-electron chi connectivity index (χ4n) is 1.33. The predicted octanol–water partition coefficient (Wildman–Crippen LogP) is 3.04. The summed E-state index contributed by atoms with van der Waals surface area (Å²) in [5, 5.41) is 6.88. The first-order valence-corrected chi connectivity index (χ1v) is 6.67. The lowest BCUT2D eigenvalue weighted by molar-refractivity contribution is 0.101. The smallest absolute Gasteiger partial charge is 0.186 e. The van der Waals surface area contributed by atoms with Crippen LogP contribution in [0.15, 0.2) is 22.2 Å². The molecule has 2 aromatic rings. The normalized spacial score (nSPS) is 10.4. The van der Waals surface area contributed by atoms with E-state index in [0.29, 0.717) is 5.69 Å². The number of aromatic nitrogens is 1. The van der Waals surface area contributed by atoms with Gasteiger partial charge in [-0.3, -0.25) is 4.79 Å². The molecule has 0 saturated heterocycles. The van der Waals surface area contributed by atoms with Crippen molar-refractivity contribution in [2.75, 3.05) is 11.9 Å². The molecule has 0 saturated carbocycles. The lowest BCUT2D eigenvalue weighted by Gasteiger charge is -2.14. The summed E-state index contributed by atoms with van der Waals surface area (Å²) in [6.07, 6.45) is 0. The third-order valence-corrected chi connectivity index (χ3v) is 3.87. The first-order chi connectivity index (χ1) is 7.66. The number of thiophene rings is 1. The Labute approximate surface area is 102 Å². The van der Waals surface area contributed by atoms with Crippen molar-refractivity contribution in [3.05, 3.63) is 33.5 Å². The monoisotopic (exact) mass is 252 g/mol. The predicted molar refractivity (Wildman–Crippen MR) is 68.5 cm³/mol. The zero-order valence-corrected chi connectivity index (χ0v) is 10.8. The molecule has 0 aliphatic carbocycles. The van der Waals surface area contributed by atoms with Gasteiger partial charge in [-0.05, 0) is 22.4 Å². The van der Waals surface area contributed by atoms with Gasteiger partial charge in [0.25, 0.3) is 0 Å². The highest BCUT2D eigenvalue weighted by Crippen LogP contribution is 2.21. The molecule has 0 unspecified atom stereocenters. The molecule has 0 aliphatic heterocycles. The van der Waals surface area contributed by atoms with Crippen molar-refractivity contribution in [1.82, 2.24) is 4.98 Å². The molecule has 0 aliphatic rings. The van der Waals surface area contributed by atoms with Crippen LogP contribution < -0.4 is 4.90 Å². The molecule has 0 spiro atoms. The van der Waals surface area contributed by atoms with E-state index >= 15 is 0 Å². The quantitative estimate of drug-likeness (QED) is 0.784. The summed E-state index contributed by atoms with van der Waals surface area (Å²) >= 11 is 3.19. The van der Waals surface area contributed by atoms with Gasteiger partial charge < -0.3 is 4.90 Å². The van der Waals surface area contributed by atoms with Crippen LogP contribution in [-0.2, 0) is 6.54 Å². The van der Waals surface area contributed by atoms with Crippen LogP contribution in [0.4, 0.5) is 5.13 Å². The highest BCUT2D eigenvalue weighted by atomic mass is 32.1. The highest BCUT2D eigenvalue weighted by Gasteiger charge is 2.10. The second-order valence-electron chi connectivity index (χ2n) is 3.56. The fourth-order valence-corrected chi connectivity index (χ4v) is 2.82. The zero-order valence-electron chi connectivity index (χ0n) is 9.14. The molecule has 2 aromatic heterocycles. The van der Waals surface area contributed by atoms with Crippen molar-refractivity contribution < 1.29 is 4.79 Å². The molecule has 0 amide bonds. The molecule has 16 heavy (non-hydrogen) atoms. The summed E-state index contributed by atoms with van der Waals surface area (Å²) < 4.78 is 0. The Morgan fingerprint density at radius 2 is 2.31 bits per heavy atom. The van der Waals surface area contributed by atoms with Gasteiger partial charge in [0.1, 0.15) is 5.69 Å². The second kappa shape index (κ2) is 4.76. The van der Waals surface area contributed by atoms with Gasteiger partial charge >= 0.3 is 0 Å². The van der Waals surface area contributed by atoms with Gasteiger partial charge in [-0.25, -0.2) is 4.98 Å². The average molecular weight is 252 g/mol. The van der Waals surface area contributed by atoms with E-state index in [2.05, 4.69) is 26.7 Å². The minimum atomic E-state index is 0.0198. The van der Waals surface area contributed by atoms with Gasteiger partial charge in [0, 0.05) is 25.9 Å². The number of carbonyl (C=O) groups is 1. The number of ketones is 1. The van der Waals surface area contributed by atoms with Gasteiger partial charge in [-0.15, -0.1) is 11.3 Å². The van der Waals surface area contributed by atoms with Crippen LogP contribution in [-0.4, -0.2) is 17.8 Å². The molecule has 5 heteroatoms. The number of hydrogen-bond donors (Lipinski definition) is 0. The SMILES string of the molecule is CC(=O)c1csc(N(C)Cc2ccsc2)n1. The van der Waals surface area contributed by atoms with E-state index in [1.165, 1.54) is 23.8 Å². The van der Waals surface area contributed by atoms with Gasteiger partial charge in [0.2, 0.25) is 0 Å². The Hall–Kier alpha value is -1.20. The van der Waals surface area contributed by atoms with Crippen molar-refractivity contribution in [1.29, 1.82) is 0 Å². The van der Waals surface area contributed by atoms with Crippen LogP contribution in [0.2, 0.25) is 0 Å². The molecule has 2 rings (SSSR count). The lowest BCUT2D eigenvalue weighted by atomic mass is 10.3. The van der Waals surface area contributed by atoms with Gasteiger partial charge in [-0.2, -0.15) is 11.3 Å². The largest absolute Gasteiger partial charge is 0.347 e. The average Bonchev–Trinajstić information content (AvgIpc) is 2.86. The van der Waals surface area contributed by atoms with E-state index in [1.54, 1.807) is 11.3 Å². The third kappa shape index (κ3) is 2.48. The second-order valence-corrected chi connectivity index (χ2v) is 5.18. The molecule has 0 atom stereocenters. The molecule has 0 radical (unpaired) electrons. The van der Waals surface area contributed by atoms with Crippen LogP contribution in [0, 0.1) is 0 Å². The van der Waals surface area contributed by atoms with E-state index in [9.17, 15) is 4.79 Å². The molecule has 0 fully saturated rings. The molecule has 0 aromatic carbocycles. The molecule has 84 valence electrons. The number of rotatable bonds is 4. The van der Waals surface area contributed by atoms with E-state index in [1.807, 2.05) is 12.4 Å². The Balaban J connectivity index is 2.08. The molecular formula is C11H12N2OS2. The van der Waals surface area contributed by atoms with Crippen molar-refractivity contribution in [2.24, 2.45) is 0 Å². The van der Waals surface area contributed by atoms with Crippen molar-refractivity contribution in [3.8, 4) is 0 Å². The van der Waals surface area contributed by atoms with Crippen molar-refractivity contribution >= 4 is 33.6 Å². The number of hydrogen-bond acceptors (Lipinski definition) is 5. The van der Waals surface area contributed by atoms with Crippen LogP contribution in [0.25, 0.3) is 0 Å². The lowest BCUT2D eigenvalue weighted by Crippen LogP contribution is -2.15. The van der Waals surface area contributed by atoms with E-state index in [0.717, 1.165) is 11.7 Å². The Morgan fingerprint density at radius 1 is 1.50 bits per heavy atom. The van der Waals surface area contributed by atoms with Crippen LogP contribution in [0.5, 0.6) is 0 Å². The first kappa shape index (κ1) is 11.3. The topological polar surface area (TPSA) is 33.2 Å². The number of Topliss-reactive ketones (excluding diaryl/α,β-unsaturated/α-hetero) is 1. The zero-order chi connectivity index (χ0) is 11.5. The molecular weight excluding hydrogens is 240 g/mol. The standard InChI is InChI=1S/C11H12N2OS2/c1-8(14)10-7-16-11(12-10)13(2)5-9-3-4-15-6-9/h3-4,6-7H,5H2,1-2H3. The summed E-state index contributed by atoms with van der Waals surface area (Å²) in [5.41, 5.74) is 1.82. The number of nitrogens with zero attached hydrogens (tertiary/aromatic N) is 2. The maximum atomic E-state index is 11.1. The van der Waals surface area contributed by atoms with Crippen molar-refractivity contribution in [2.45, 2.75) is 13.5 Å². The number of anilines is 1. The molecule has 3 nitrogen and oxygen atoms in total. The summed E-state index contributed by atoms with van der Waals surface area (Å²) in [7, 11) is 1.99. The maximum absolute atomic E-state index is 11.1.